The van der Waals surface area contributed by atoms with Gasteiger partial charge in [0.15, 0.2) is 5.78 Å². The van der Waals surface area contributed by atoms with Gasteiger partial charge in [0, 0.05) is 11.3 Å². The van der Waals surface area contributed by atoms with E-state index in [4.69, 9.17) is 5.11 Å². The maximum atomic E-state index is 11.5. The maximum absolute atomic E-state index is 11.5. The molecule has 0 radical (unpaired) electrons. The van der Waals surface area contributed by atoms with E-state index in [1.807, 2.05) is 0 Å². The Hall–Kier alpha value is -1.34. The summed E-state index contributed by atoms with van der Waals surface area (Å²) in [7, 11) is 0. The van der Waals surface area contributed by atoms with Gasteiger partial charge in [-0.1, -0.05) is 6.92 Å². The zero-order chi connectivity index (χ0) is 12.1. The number of aromatic nitrogens is 1. The number of aliphatic hydroxyl groups excluding tert-OH is 1. The number of hydrogen-bond donors (Lipinski definition) is 2. The first-order chi connectivity index (χ1) is 7.54. The van der Waals surface area contributed by atoms with Crippen LogP contribution in [0.25, 0.3) is 0 Å². The Labute approximate surface area is 96.2 Å². The van der Waals surface area contributed by atoms with Gasteiger partial charge in [0.2, 0.25) is 0 Å². The summed E-state index contributed by atoms with van der Waals surface area (Å²) in [6, 6.07) is 1.21. The molecule has 0 saturated carbocycles. The van der Waals surface area contributed by atoms with E-state index in [9.17, 15) is 14.9 Å². The third-order valence-corrected chi connectivity index (χ3v) is 3.08. The topological polar surface area (TPSA) is 96.2 Å². The van der Waals surface area contributed by atoms with Crippen molar-refractivity contribution >= 4 is 23.2 Å². The van der Waals surface area contributed by atoms with Crippen molar-refractivity contribution in [1.82, 2.24) is 4.98 Å². The Morgan fingerprint density at radius 2 is 2.44 bits per heavy atom. The van der Waals surface area contributed by atoms with Gasteiger partial charge >= 0.3 is 0 Å². The highest BCUT2D eigenvalue weighted by Gasteiger charge is 2.15. The average molecular weight is 244 g/mol. The summed E-state index contributed by atoms with van der Waals surface area (Å²) in [4.78, 5) is 23.9. The van der Waals surface area contributed by atoms with Crippen LogP contribution in [-0.4, -0.2) is 38.4 Å². The summed E-state index contributed by atoms with van der Waals surface area (Å²) < 4.78 is 0. The second-order valence-electron chi connectivity index (χ2n) is 3.26. The van der Waals surface area contributed by atoms with E-state index >= 15 is 0 Å². The summed E-state index contributed by atoms with van der Waals surface area (Å²) in [6.07, 6.45) is 1.19. The fraction of sp³-hybridized carbons (Fsp3) is 0.444. The summed E-state index contributed by atoms with van der Waals surface area (Å²) in [5.74, 6) is -0.0160. The maximum Gasteiger partial charge on any atom is 0.287 e. The summed E-state index contributed by atoms with van der Waals surface area (Å²) in [5.41, 5.74) is 0.105. The first kappa shape index (κ1) is 12.7. The molecule has 0 aromatic carbocycles. The number of aromatic amines is 1. The van der Waals surface area contributed by atoms with Crippen LogP contribution in [0.15, 0.2) is 12.3 Å². The molecule has 2 N–H and O–H groups in total. The molecule has 0 bridgehead atoms. The van der Waals surface area contributed by atoms with E-state index in [1.54, 1.807) is 6.92 Å². The largest absolute Gasteiger partial charge is 0.395 e. The lowest BCUT2D eigenvalue weighted by Gasteiger charge is -2.05. The lowest BCUT2D eigenvalue weighted by atomic mass is 10.3. The van der Waals surface area contributed by atoms with Crippen LogP contribution in [0.5, 0.6) is 0 Å². The van der Waals surface area contributed by atoms with Crippen LogP contribution in [0.4, 0.5) is 5.69 Å². The number of hydrogen-bond acceptors (Lipinski definition) is 5. The fourth-order valence-electron chi connectivity index (χ4n) is 0.998. The van der Waals surface area contributed by atoms with Gasteiger partial charge < -0.3 is 10.1 Å². The van der Waals surface area contributed by atoms with Crippen molar-refractivity contribution in [2.24, 2.45) is 0 Å². The predicted octanol–water partition coefficient (Wildman–Crippen LogP) is 1.22. The average Bonchev–Trinajstić information content (AvgIpc) is 2.74. The van der Waals surface area contributed by atoms with Gasteiger partial charge in [0.25, 0.3) is 5.69 Å². The zero-order valence-corrected chi connectivity index (χ0v) is 9.49. The monoisotopic (exact) mass is 244 g/mol. The predicted molar refractivity (Wildman–Crippen MR) is 60.8 cm³/mol. The molecular formula is C9H12N2O4S. The molecule has 1 unspecified atom stereocenters. The quantitative estimate of drug-likeness (QED) is 0.445. The first-order valence-electron chi connectivity index (χ1n) is 4.63. The Kier molecular flexibility index (Phi) is 4.51. The molecule has 1 heterocycles. The number of carbonyl (C=O) groups excluding carboxylic acids is 1. The molecule has 0 aliphatic heterocycles. The molecule has 7 heteroatoms. The third kappa shape index (κ3) is 3.35. The molecule has 0 saturated heterocycles. The standard InChI is InChI=1S/C9H12N2O4S/c1-6(4-12)16-5-9(13)8-2-7(3-10-8)11(14)15/h2-3,6,10,12H,4-5H2,1H3. The van der Waals surface area contributed by atoms with Crippen LogP contribution in [0.1, 0.15) is 17.4 Å². The van der Waals surface area contributed by atoms with E-state index in [0.717, 1.165) is 0 Å². The second-order valence-corrected chi connectivity index (χ2v) is 4.68. The summed E-state index contributed by atoms with van der Waals surface area (Å²) in [6.45, 7) is 1.80. The zero-order valence-electron chi connectivity index (χ0n) is 8.67. The van der Waals surface area contributed by atoms with Gasteiger partial charge in [-0.2, -0.15) is 0 Å². The number of Topliss-reactive ketones (excluding diaryl/α,β-unsaturated/α-hetero) is 1. The number of thioether (sulfide) groups is 1. The normalized spacial score (nSPS) is 12.4. The highest BCUT2D eigenvalue weighted by atomic mass is 32.2. The summed E-state index contributed by atoms with van der Waals surface area (Å²) >= 11 is 1.31. The van der Waals surface area contributed by atoms with Crippen molar-refractivity contribution < 1.29 is 14.8 Å². The van der Waals surface area contributed by atoms with Crippen molar-refractivity contribution in [3.8, 4) is 0 Å². The molecule has 6 nitrogen and oxygen atoms in total. The highest BCUT2D eigenvalue weighted by Crippen LogP contribution is 2.16. The van der Waals surface area contributed by atoms with Gasteiger partial charge in [-0.05, 0) is 0 Å². The number of ketones is 1. The van der Waals surface area contributed by atoms with Gasteiger partial charge in [-0.3, -0.25) is 14.9 Å². The molecule has 0 aliphatic rings. The molecule has 0 fully saturated rings. The minimum atomic E-state index is -0.559. The minimum Gasteiger partial charge on any atom is -0.395 e. The van der Waals surface area contributed by atoms with Crippen molar-refractivity contribution in [2.75, 3.05) is 12.4 Å². The van der Waals surface area contributed by atoms with Crippen molar-refractivity contribution in [3.05, 3.63) is 28.1 Å². The minimum absolute atomic E-state index is 0.00280. The number of nitrogens with one attached hydrogen (secondary N) is 1. The fourth-order valence-corrected chi connectivity index (χ4v) is 1.69. The number of carbonyl (C=O) groups is 1. The lowest BCUT2D eigenvalue weighted by molar-refractivity contribution is -0.384. The van der Waals surface area contributed by atoms with Crippen LogP contribution in [0.2, 0.25) is 0 Å². The van der Waals surface area contributed by atoms with Crippen molar-refractivity contribution in [2.45, 2.75) is 12.2 Å². The molecule has 0 aliphatic carbocycles. The van der Waals surface area contributed by atoms with Crippen LogP contribution < -0.4 is 0 Å². The van der Waals surface area contributed by atoms with Crippen LogP contribution in [0.3, 0.4) is 0 Å². The molecule has 1 aromatic rings. The molecule has 1 rings (SSSR count). The summed E-state index contributed by atoms with van der Waals surface area (Å²) in [5, 5.41) is 19.1. The van der Waals surface area contributed by atoms with E-state index in [0.29, 0.717) is 0 Å². The lowest BCUT2D eigenvalue weighted by Crippen LogP contribution is -2.09. The molecule has 16 heavy (non-hydrogen) atoms. The van der Waals surface area contributed by atoms with E-state index in [1.165, 1.54) is 24.0 Å². The Bertz CT molecular complexity index is 391. The van der Waals surface area contributed by atoms with Crippen molar-refractivity contribution in [1.29, 1.82) is 0 Å². The van der Waals surface area contributed by atoms with E-state index in [2.05, 4.69) is 4.98 Å². The third-order valence-electron chi connectivity index (χ3n) is 1.94. The Balaban J connectivity index is 2.56. The van der Waals surface area contributed by atoms with Crippen LogP contribution in [-0.2, 0) is 0 Å². The Morgan fingerprint density at radius 1 is 1.75 bits per heavy atom. The molecule has 0 spiro atoms. The smallest absolute Gasteiger partial charge is 0.287 e. The van der Waals surface area contributed by atoms with E-state index in [-0.39, 0.29) is 34.8 Å². The number of nitrogens with zero attached hydrogens (tertiary/aromatic N) is 1. The second kappa shape index (κ2) is 5.66. The van der Waals surface area contributed by atoms with E-state index < -0.39 is 4.92 Å². The molecule has 0 amide bonds. The van der Waals surface area contributed by atoms with Gasteiger partial charge in [0.1, 0.15) is 0 Å². The number of H-pyrrole nitrogens is 1. The SMILES string of the molecule is CC(CO)SCC(=O)c1cc([N+](=O)[O-])c[nH]1. The Morgan fingerprint density at radius 3 is 2.94 bits per heavy atom. The highest BCUT2D eigenvalue weighted by molar-refractivity contribution is 8.00. The van der Waals surface area contributed by atoms with Crippen LogP contribution in [0, 0.1) is 10.1 Å². The van der Waals surface area contributed by atoms with Gasteiger partial charge in [0.05, 0.1) is 29.2 Å². The molecule has 88 valence electrons. The number of nitro groups is 1. The van der Waals surface area contributed by atoms with Crippen molar-refractivity contribution in [3.63, 3.8) is 0 Å². The van der Waals surface area contributed by atoms with Gasteiger partial charge in [-0.15, -0.1) is 11.8 Å². The van der Waals surface area contributed by atoms with Crippen LogP contribution >= 0.6 is 11.8 Å². The number of rotatable bonds is 6. The van der Waals surface area contributed by atoms with Gasteiger partial charge in [-0.25, -0.2) is 0 Å². The first-order valence-corrected chi connectivity index (χ1v) is 5.68. The molecule has 1 aromatic heterocycles. The molecular weight excluding hydrogens is 232 g/mol. The number of aliphatic hydroxyl groups is 1. The molecule has 1 atom stereocenters.